The molecule has 0 aliphatic carbocycles. The number of rotatable bonds is 15. The van der Waals surface area contributed by atoms with Crippen LogP contribution in [0.5, 0.6) is 23.0 Å². The molecule has 7 aromatic heterocycles. The molecular formula is C62H54Br6N12O9. The third-order valence-corrected chi connectivity index (χ3v) is 15.6. The smallest absolute Gasteiger partial charge is 0.234 e. The Morgan fingerprint density at radius 3 is 1.15 bits per heavy atom. The van der Waals surface area contributed by atoms with Crippen molar-refractivity contribution in [2.24, 2.45) is 0 Å². The summed E-state index contributed by atoms with van der Waals surface area (Å²) in [6.45, 7) is 7.62. The minimum atomic E-state index is -0.185. The third kappa shape index (κ3) is 17.5. The quantitative estimate of drug-likeness (QED) is 0.0635. The van der Waals surface area contributed by atoms with Gasteiger partial charge in [-0.25, -0.2) is 39.9 Å². The van der Waals surface area contributed by atoms with Crippen LogP contribution in [0.25, 0.3) is 17.3 Å². The van der Waals surface area contributed by atoms with Crippen LogP contribution in [0.15, 0.2) is 161 Å². The maximum Gasteiger partial charge on any atom is 0.234 e. The van der Waals surface area contributed by atoms with Gasteiger partial charge in [0.2, 0.25) is 40.6 Å². The van der Waals surface area contributed by atoms with E-state index in [0.29, 0.717) is 114 Å². The number of methoxy groups -OCH3 is 2. The summed E-state index contributed by atoms with van der Waals surface area (Å²) in [5.41, 5.74) is 10.9. The molecule has 0 spiro atoms. The van der Waals surface area contributed by atoms with E-state index in [-0.39, 0.29) is 46.8 Å². The number of ketones is 5. The number of aryl methyl sites for hydroxylation is 3. The number of carbonyl (C=O) groups excluding carboxylic acids is 5. The van der Waals surface area contributed by atoms with Crippen LogP contribution in [0, 0.1) is 0 Å². The van der Waals surface area contributed by atoms with Crippen LogP contribution in [0.3, 0.4) is 0 Å². The number of halogens is 6. The molecule has 0 unspecified atom stereocenters. The molecule has 0 radical (unpaired) electrons. The van der Waals surface area contributed by atoms with Crippen molar-refractivity contribution in [1.29, 1.82) is 0 Å². The monoisotopic (exact) mass is 1580 g/mol. The normalized spacial score (nSPS) is 10.6. The molecule has 0 saturated heterocycles. The summed E-state index contributed by atoms with van der Waals surface area (Å²) in [6, 6.07) is 23.2. The Bertz CT molecular complexity index is 4310. The van der Waals surface area contributed by atoms with E-state index in [2.05, 4.69) is 135 Å². The largest absolute Gasteiger partial charge is 0.508 e. The molecule has 4 N–H and O–H groups in total. The molecule has 458 valence electrons. The minimum absolute atomic E-state index is 0.0111. The van der Waals surface area contributed by atoms with Crippen LogP contribution >= 0.6 is 95.6 Å². The Morgan fingerprint density at radius 1 is 0.472 bits per heavy atom. The number of nitrogens with two attached hydrogens (primary N) is 1. The van der Waals surface area contributed by atoms with Gasteiger partial charge in [0, 0.05) is 78.2 Å². The van der Waals surface area contributed by atoms with Gasteiger partial charge in [0.15, 0.2) is 5.78 Å². The number of nitrogen functional groups attached to an aromatic ring is 1. The van der Waals surface area contributed by atoms with Crippen molar-refractivity contribution < 1.29 is 43.7 Å². The lowest BCUT2D eigenvalue weighted by Gasteiger charge is -2.07. The average Bonchev–Trinajstić information content (AvgIpc) is 1.94. The van der Waals surface area contributed by atoms with Gasteiger partial charge in [-0.05, 0) is 200 Å². The molecule has 4 aromatic carbocycles. The number of imidazole rings is 3. The Balaban J connectivity index is 0.000000163. The SMILES string of the molecule is CCC(=O)CC(=O)c1ccc(OC)cc1.CCc1nc2ncc(Br)cn2c1C(=O)c1cc(Br)c(O)c(Br)c1.CCc1nc2ncc(Br)cn2c1C(=O)c1ccc(O)cc1.CCc1nc2ncc(Br)cn2c1C(=O)c1ccc(OC)cc1.Nc1ncc(Br)cn1. The standard InChI is InChI=1S/C16H14BrN3O2.C15H10Br3N3O2.C15H12BrN3O2.C12H14O3.C4H4BrN3/c1-3-13-14(20-9-11(17)8-18-16(20)19-13)15(21)10-4-6-12(22-2)7-5-10;1-2-11-12(21-6-8(16)5-19-15(21)20-11)13(22)7-3-9(17)14(23)10(18)4-7;1-2-12-13(14(21)9-3-5-11(20)6-4-9)19-8-10(16)7-17-15(19)18-12;1-3-10(13)8-12(14)9-4-6-11(15-2)7-5-9;5-3-1-7-4(6)8-2-3/h4-9H,3H2,1-2H3;3-6,23H,2H2,1H3;3-8,20H,2H2,1H3;4-7H,3,8H2,1-2H3;1-2H,(H2,6,7,8). The van der Waals surface area contributed by atoms with E-state index in [0.717, 1.165) is 29.3 Å². The first-order valence-electron chi connectivity index (χ1n) is 26.9. The Kier molecular flexibility index (Phi) is 24.6. The van der Waals surface area contributed by atoms with E-state index in [1.807, 2.05) is 27.0 Å². The molecule has 0 saturated carbocycles. The van der Waals surface area contributed by atoms with Crippen LogP contribution in [-0.2, 0) is 24.1 Å². The highest BCUT2D eigenvalue weighted by Crippen LogP contribution is 2.35. The summed E-state index contributed by atoms with van der Waals surface area (Å²) in [6.07, 6.45) is 15.8. The van der Waals surface area contributed by atoms with E-state index >= 15 is 0 Å². The Hall–Kier alpha value is -7.95. The van der Waals surface area contributed by atoms with Gasteiger partial charge in [0.05, 0.1) is 64.6 Å². The van der Waals surface area contributed by atoms with Crippen molar-refractivity contribution in [1.82, 2.24) is 53.1 Å². The predicted molar refractivity (Wildman–Crippen MR) is 356 cm³/mol. The summed E-state index contributed by atoms with van der Waals surface area (Å²) < 4.78 is 19.3. The Labute approximate surface area is 560 Å². The predicted octanol–water partition coefficient (Wildman–Crippen LogP) is 13.9. The van der Waals surface area contributed by atoms with Crippen LogP contribution in [0.1, 0.15) is 116 Å². The molecule has 21 nitrogen and oxygen atoms in total. The fourth-order valence-corrected chi connectivity index (χ4v) is 10.6. The minimum Gasteiger partial charge on any atom is -0.508 e. The maximum absolute atomic E-state index is 13.0. The maximum atomic E-state index is 13.0. The average molecular weight is 1590 g/mol. The first-order chi connectivity index (χ1) is 42.6. The van der Waals surface area contributed by atoms with E-state index < -0.39 is 0 Å². The lowest BCUT2D eigenvalue weighted by Crippen LogP contribution is -2.08. The fourth-order valence-electron chi connectivity index (χ4n) is 8.30. The Morgan fingerprint density at radius 2 is 0.809 bits per heavy atom. The number of benzene rings is 4. The zero-order valence-electron chi connectivity index (χ0n) is 48.3. The van der Waals surface area contributed by atoms with Gasteiger partial charge < -0.3 is 25.4 Å². The number of hydrogen-bond donors (Lipinski definition) is 3. The zero-order chi connectivity index (χ0) is 64.6. The van der Waals surface area contributed by atoms with Crippen LogP contribution in [0.4, 0.5) is 5.95 Å². The van der Waals surface area contributed by atoms with Gasteiger partial charge in [0.25, 0.3) is 0 Å². The van der Waals surface area contributed by atoms with E-state index in [9.17, 15) is 34.2 Å². The summed E-state index contributed by atoms with van der Waals surface area (Å²) in [7, 11) is 3.16. The number of ether oxygens (including phenoxy) is 2. The molecule has 0 fully saturated rings. The van der Waals surface area contributed by atoms with Crippen molar-refractivity contribution in [3.05, 3.63) is 218 Å². The summed E-state index contributed by atoms with van der Waals surface area (Å²) in [4.78, 5) is 94.6. The van der Waals surface area contributed by atoms with E-state index in [4.69, 9.17) is 15.2 Å². The summed E-state index contributed by atoms with van der Waals surface area (Å²) in [5.74, 6) is 2.84. The van der Waals surface area contributed by atoms with Gasteiger partial charge in [-0.15, -0.1) is 0 Å². The molecule has 0 aliphatic rings. The van der Waals surface area contributed by atoms with Crippen LogP contribution in [-0.4, -0.2) is 106 Å². The second-order valence-electron chi connectivity index (χ2n) is 18.6. The number of anilines is 1. The van der Waals surface area contributed by atoms with Crippen LogP contribution < -0.4 is 15.2 Å². The second kappa shape index (κ2) is 32.0. The molecule has 0 aliphatic heterocycles. The van der Waals surface area contributed by atoms with Gasteiger partial charge in [-0.2, -0.15) is 0 Å². The number of hydrogen-bond acceptors (Lipinski definition) is 18. The fraction of sp³-hybridized carbons (Fsp3) is 0.177. The highest BCUT2D eigenvalue weighted by molar-refractivity contribution is 9.11. The molecule has 0 bridgehead atoms. The van der Waals surface area contributed by atoms with Gasteiger partial charge in [0.1, 0.15) is 45.9 Å². The topological polar surface area (TPSA) is 287 Å². The number of nitrogens with zero attached hydrogens (tertiary/aromatic N) is 11. The van der Waals surface area contributed by atoms with Crippen molar-refractivity contribution >= 4 is 148 Å². The van der Waals surface area contributed by atoms with Crippen LogP contribution in [0.2, 0.25) is 0 Å². The first-order valence-corrected chi connectivity index (χ1v) is 31.6. The van der Waals surface area contributed by atoms with Crippen molar-refractivity contribution in [2.75, 3.05) is 20.0 Å². The van der Waals surface area contributed by atoms with E-state index in [1.54, 1.807) is 151 Å². The number of carbonyl (C=O) groups is 5. The number of aromatic nitrogens is 11. The molecule has 27 heteroatoms. The molecule has 0 amide bonds. The number of aromatic hydroxyl groups is 2. The lowest BCUT2D eigenvalue weighted by atomic mass is 10.1. The van der Waals surface area contributed by atoms with Crippen molar-refractivity contribution in [3.63, 3.8) is 0 Å². The summed E-state index contributed by atoms with van der Waals surface area (Å²) in [5, 5.41) is 19.1. The van der Waals surface area contributed by atoms with Gasteiger partial charge in [-0.3, -0.25) is 37.2 Å². The molecule has 0 atom stereocenters. The zero-order valence-corrected chi connectivity index (χ0v) is 57.8. The molecular weight excluding hydrogens is 1540 g/mol. The lowest BCUT2D eigenvalue weighted by molar-refractivity contribution is -0.117. The van der Waals surface area contributed by atoms with E-state index in [1.165, 1.54) is 12.1 Å². The number of phenolic OH excluding ortho intramolecular Hbond substituents is 2. The molecule has 11 rings (SSSR count). The van der Waals surface area contributed by atoms with Gasteiger partial charge in [-0.1, -0.05) is 27.7 Å². The van der Waals surface area contributed by atoms with Crippen molar-refractivity contribution in [3.8, 4) is 23.0 Å². The van der Waals surface area contributed by atoms with Gasteiger partial charge >= 0.3 is 0 Å². The number of Topliss-reactive ketones (excluding diaryl/α,β-unsaturated/α-hetero) is 2. The molecule has 89 heavy (non-hydrogen) atoms. The number of phenols is 2. The molecule has 7 heterocycles. The number of fused-ring (bicyclic) bond motifs is 3. The summed E-state index contributed by atoms with van der Waals surface area (Å²) >= 11 is 19.8. The third-order valence-electron chi connectivity index (χ3n) is 12.8. The second-order valence-corrected chi connectivity index (χ2v) is 24.0. The van der Waals surface area contributed by atoms with Crippen molar-refractivity contribution in [2.45, 2.75) is 59.8 Å². The first kappa shape index (κ1) is 68.5. The highest BCUT2D eigenvalue weighted by Gasteiger charge is 2.24. The molecule has 11 aromatic rings. The highest BCUT2D eigenvalue weighted by atomic mass is 79.9.